The van der Waals surface area contributed by atoms with Crippen LogP contribution in [0.15, 0.2) is 72.8 Å². The van der Waals surface area contributed by atoms with Gasteiger partial charge in [-0.3, -0.25) is 24.0 Å². The molecule has 1 amide bonds. The number of hydrogen-bond donors (Lipinski definition) is 5. The number of aryl methyl sites for hydroxylation is 2. The third-order valence-electron chi connectivity index (χ3n) is 8.86. The maximum Gasteiger partial charge on any atom is 0.317 e. The Balaban J connectivity index is 1.47. The fourth-order valence-corrected chi connectivity index (χ4v) is 6.12. The van der Waals surface area contributed by atoms with E-state index in [-0.39, 0.29) is 31.2 Å². The highest BCUT2D eigenvalue weighted by atomic mass is 19.1. The molecule has 48 heavy (non-hydrogen) atoms. The van der Waals surface area contributed by atoms with Gasteiger partial charge in [-0.25, -0.2) is 4.39 Å². The van der Waals surface area contributed by atoms with Gasteiger partial charge in [-0.05, 0) is 97.9 Å². The van der Waals surface area contributed by atoms with Crippen LogP contribution in [-0.2, 0) is 36.8 Å². The number of carbonyl (C=O) groups is 5. The van der Waals surface area contributed by atoms with E-state index in [9.17, 15) is 33.5 Å². The smallest absolute Gasteiger partial charge is 0.317 e. The third kappa shape index (κ3) is 8.82. The minimum absolute atomic E-state index is 0.00846. The van der Waals surface area contributed by atoms with Crippen LogP contribution < -0.4 is 4.90 Å². The normalized spacial score (nSPS) is 16.5. The standard InChI is InChI=1S/C36H38FNO10/c37-25-15-13-23(14-16-25)30(39)20-19-27-31(24-11-7-21(8-12-24)3-1-5-28(33(41)42)34(43)44)38(32(27)40)26-17-9-22(10-18-26)4-2-6-29(35(45)46)36(47)48/h7-18,27-31,39H,1-6,19-20H2,(H,41,42)(H,43,44)(H,45,46)(H,47,48)/t27-,30+,31-/m1/s1. The van der Waals surface area contributed by atoms with Crippen LogP contribution in [0.3, 0.4) is 0 Å². The Morgan fingerprint density at radius 1 is 0.667 bits per heavy atom. The number of β-lactam (4-membered cyclic amide) rings is 1. The summed E-state index contributed by atoms with van der Waals surface area (Å²) in [5, 5.41) is 47.2. The number of nitrogens with zero attached hydrogens (tertiary/aromatic N) is 1. The van der Waals surface area contributed by atoms with Gasteiger partial charge >= 0.3 is 23.9 Å². The molecule has 0 bridgehead atoms. The molecule has 0 aliphatic carbocycles. The third-order valence-corrected chi connectivity index (χ3v) is 8.86. The molecule has 0 saturated carbocycles. The van der Waals surface area contributed by atoms with Crippen LogP contribution in [0.1, 0.15) is 72.9 Å². The Hall–Kier alpha value is -5.10. The van der Waals surface area contributed by atoms with Crippen molar-refractivity contribution in [2.24, 2.45) is 17.8 Å². The van der Waals surface area contributed by atoms with E-state index >= 15 is 0 Å². The maximum absolute atomic E-state index is 13.6. The summed E-state index contributed by atoms with van der Waals surface area (Å²) >= 11 is 0. The lowest BCUT2D eigenvalue weighted by Crippen LogP contribution is -2.55. The largest absolute Gasteiger partial charge is 0.481 e. The van der Waals surface area contributed by atoms with E-state index in [1.54, 1.807) is 17.0 Å². The van der Waals surface area contributed by atoms with Gasteiger partial charge in [-0.1, -0.05) is 48.5 Å². The molecule has 0 spiro atoms. The minimum Gasteiger partial charge on any atom is -0.481 e. The van der Waals surface area contributed by atoms with Gasteiger partial charge in [-0.2, -0.15) is 0 Å². The number of aliphatic hydroxyl groups excluding tert-OH is 1. The van der Waals surface area contributed by atoms with Crippen molar-refractivity contribution in [3.8, 4) is 0 Å². The van der Waals surface area contributed by atoms with Gasteiger partial charge in [0.05, 0.1) is 18.1 Å². The zero-order valence-corrected chi connectivity index (χ0v) is 26.1. The minimum atomic E-state index is -1.47. The van der Waals surface area contributed by atoms with E-state index in [2.05, 4.69) is 0 Å². The van der Waals surface area contributed by atoms with Gasteiger partial charge in [0.2, 0.25) is 5.91 Å². The average Bonchev–Trinajstić information content (AvgIpc) is 3.04. The average molecular weight is 664 g/mol. The number of aliphatic hydroxyl groups is 1. The van der Waals surface area contributed by atoms with E-state index in [1.807, 2.05) is 36.4 Å². The SMILES string of the molecule is O=C(O)C(CCCc1ccc([C@@H]2[C@@H](CC[C@H](O)c3ccc(F)cc3)C(=O)N2c2ccc(CCCC(C(=O)O)C(=O)O)cc2)cc1)C(=O)O. The van der Waals surface area contributed by atoms with Crippen molar-refractivity contribution in [1.82, 2.24) is 0 Å². The van der Waals surface area contributed by atoms with Gasteiger partial charge in [0, 0.05) is 5.69 Å². The number of amides is 1. The van der Waals surface area contributed by atoms with Crippen molar-refractivity contribution in [1.29, 1.82) is 0 Å². The molecule has 0 aromatic heterocycles. The molecule has 0 unspecified atom stereocenters. The molecule has 1 aliphatic rings. The number of aliphatic carboxylic acids is 4. The van der Waals surface area contributed by atoms with Gasteiger partial charge in [0.1, 0.15) is 5.82 Å². The second-order valence-corrected chi connectivity index (χ2v) is 12.1. The van der Waals surface area contributed by atoms with E-state index in [0.29, 0.717) is 43.4 Å². The second-order valence-electron chi connectivity index (χ2n) is 12.1. The molecule has 4 rings (SSSR count). The number of carbonyl (C=O) groups excluding carboxylic acids is 1. The molecule has 1 aliphatic heterocycles. The zero-order valence-electron chi connectivity index (χ0n) is 26.1. The Labute approximate surface area is 276 Å². The van der Waals surface area contributed by atoms with Crippen molar-refractivity contribution in [3.05, 3.63) is 101 Å². The molecule has 5 N–H and O–H groups in total. The van der Waals surface area contributed by atoms with Gasteiger partial charge in [0.25, 0.3) is 0 Å². The number of carboxylic acid groups (broad SMARTS) is 4. The highest BCUT2D eigenvalue weighted by Crippen LogP contribution is 2.46. The number of benzene rings is 3. The number of halogens is 1. The molecule has 3 aromatic rings. The molecule has 3 aromatic carbocycles. The first-order valence-corrected chi connectivity index (χ1v) is 15.7. The Bertz CT molecular complexity index is 1580. The summed E-state index contributed by atoms with van der Waals surface area (Å²) in [4.78, 5) is 59.9. The van der Waals surface area contributed by atoms with Crippen molar-refractivity contribution in [3.63, 3.8) is 0 Å². The predicted molar refractivity (Wildman–Crippen MR) is 171 cm³/mol. The topological polar surface area (TPSA) is 190 Å². The van der Waals surface area contributed by atoms with E-state index in [1.165, 1.54) is 24.3 Å². The molecule has 0 radical (unpaired) electrons. The first kappa shape index (κ1) is 35.7. The predicted octanol–water partition coefficient (Wildman–Crippen LogP) is 5.26. The second kappa shape index (κ2) is 16.1. The molecule has 12 heteroatoms. The Morgan fingerprint density at radius 2 is 1.12 bits per heavy atom. The van der Waals surface area contributed by atoms with Crippen molar-refractivity contribution in [2.75, 3.05) is 4.90 Å². The molecule has 1 saturated heterocycles. The fourth-order valence-electron chi connectivity index (χ4n) is 6.12. The summed E-state index contributed by atoms with van der Waals surface area (Å²) in [7, 11) is 0. The van der Waals surface area contributed by atoms with Crippen LogP contribution in [-0.4, -0.2) is 55.3 Å². The summed E-state index contributed by atoms with van der Waals surface area (Å²) in [5.74, 6) is -9.46. The first-order valence-electron chi connectivity index (χ1n) is 15.7. The number of carboxylic acids is 4. The summed E-state index contributed by atoms with van der Waals surface area (Å²) in [5.41, 5.74) is 3.75. The molecule has 254 valence electrons. The van der Waals surface area contributed by atoms with Crippen LogP contribution in [0.5, 0.6) is 0 Å². The summed E-state index contributed by atoms with van der Waals surface area (Å²) in [6, 6.07) is 19.9. The fraction of sp³-hybridized carbons (Fsp3) is 0.361. The zero-order chi connectivity index (χ0) is 35.0. The summed E-state index contributed by atoms with van der Waals surface area (Å²) < 4.78 is 13.4. The lowest BCUT2D eigenvalue weighted by Gasteiger charge is -2.48. The summed E-state index contributed by atoms with van der Waals surface area (Å²) in [6.45, 7) is 0. The van der Waals surface area contributed by atoms with Gasteiger partial charge < -0.3 is 30.4 Å². The van der Waals surface area contributed by atoms with Crippen LogP contribution in [0, 0.1) is 23.6 Å². The molecule has 3 atom stereocenters. The van der Waals surface area contributed by atoms with E-state index in [4.69, 9.17) is 20.4 Å². The lowest BCUT2D eigenvalue weighted by molar-refractivity contribution is -0.156. The molecule has 11 nitrogen and oxygen atoms in total. The first-order chi connectivity index (χ1) is 22.9. The van der Waals surface area contributed by atoms with Crippen LogP contribution in [0.25, 0.3) is 0 Å². The number of rotatable bonds is 18. The van der Waals surface area contributed by atoms with Crippen LogP contribution in [0.2, 0.25) is 0 Å². The van der Waals surface area contributed by atoms with Crippen LogP contribution >= 0.6 is 0 Å². The number of hydrogen-bond acceptors (Lipinski definition) is 6. The van der Waals surface area contributed by atoms with E-state index < -0.39 is 53.6 Å². The van der Waals surface area contributed by atoms with Gasteiger partial charge in [0.15, 0.2) is 11.8 Å². The molecular formula is C36H38FNO10. The molecular weight excluding hydrogens is 625 g/mol. The van der Waals surface area contributed by atoms with E-state index in [0.717, 1.165) is 16.7 Å². The van der Waals surface area contributed by atoms with Crippen molar-refractivity contribution < 1.29 is 53.9 Å². The van der Waals surface area contributed by atoms with Crippen molar-refractivity contribution >= 4 is 35.5 Å². The Morgan fingerprint density at radius 3 is 1.58 bits per heavy atom. The summed E-state index contributed by atoms with van der Waals surface area (Å²) in [6.07, 6.45) is 1.36. The maximum atomic E-state index is 13.6. The molecule has 1 fully saturated rings. The lowest BCUT2D eigenvalue weighted by atomic mass is 9.78. The molecule has 1 heterocycles. The monoisotopic (exact) mass is 663 g/mol. The Kier molecular flexibility index (Phi) is 12.0. The van der Waals surface area contributed by atoms with Gasteiger partial charge in [-0.15, -0.1) is 0 Å². The highest BCUT2D eigenvalue weighted by Gasteiger charge is 2.48. The van der Waals surface area contributed by atoms with Crippen molar-refractivity contribution in [2.45, 2.75) is 63.5 Å². The number of anilines is 1. The quantitative estimate of drug-likeness (QED) is 0.0887. The highest BCUT2D eigenvalue weighted by molar-refractivity contribution is 6.03. The van der Waals surface area contributed by atoms with Crippen LogP contribution in [0.4, 0.5) is 10.1 Å².